The first-order valence-electron chi connectivity index (χ1n) is 9.34. The van der Waals surface area contributed by atoms with E-state index in [1.807, 2.05) is 13.0 Å². The number of carbonyl (C=O) groups is 2. The number of esters is 1. The molecule has 31 heavy (non-hydrogen) atoms. The number of hydrazone groups is 1. The SMILES string of the molecule is CCOc1cc(/C=N\NC(=O)c2cc(Br)ccc2O)ccc1OC(=O)c1ccccc1. The lowest BCUT2D eigenvalue weighted by Gasteiger charge is -2.11. The van der Waals surface area contributed by atoms with Crippen molar-refractivity contribution in [3.63, 3.8) is 0 Å². The molecule has 8 heteroatoms. The average molecular weight is 483 g/mol. The van der Waals surface area contributed by atoms with Gasteiger partial charge in [0.05, 0.1) is 23.9 Å². The van der Waals surface area contributed by atoms with E-state index in [0.29, 0.717) is 28.0 Å². The molecule has 1 amide bonds. The van der Waals surface area contributed by atoms with Crippen LogP contribution in [0.25, 0.3) is 0 Å². The van der Waals surface area contributed by atoms with Crippen LogP contribution in [0, 0.1) is 0 Å². The van der Waals surface area contributed by atoms with Crippen molar-refractivity contribution in [2.24, 2.45) is 5.10 Å². The Labute approximate surface area is 187 Å². The van der Waals surface area contributed by atoms with Gasteiger partial charge >= 0.3 is 5.97 Å². The van der Waals surface area contributed by atoms with Gasteiger partial charge in [0, 0.05) is 4.47 Å². The summed E-state index contributed by atoms with van der Waals surface area (Å²) in [5, 5.41) is 13.7. The Balaban J connectivity index is 1.72. The van der Waals surface area contributed by atoms with Crippen LogP contribution in [0.3, 0.4) is 0 Å². The largest absolute Gasteiger partial charge is 0.507 e. The van der Waals surface area contributed by atoms with Crippen LogP contribution in [-0.2, 0) is 0 Å². The maximum absolute atomic E-state index is 12.3. The number of ether oxygens (including phenoxy) is 2. The van der Waals surface area contributed by atoms with Gasteiger partial charge < -0.3 is 14.6 Å². The summed E-state index contributed by atoms with van der Waals surface area (Å²) < 4.78 is 11.7. The molecular weight excluding hydrogens is 464 g/mol. The number of halogens is 1. The number of aromatic hydroxyl groups is 1. The van der Waals surface area contributed by atoms with Gasteiger partial charge in [-0.05, 0) is 61.0 Å². The fourth-order valence-corrected chi connectivity index (χ4v) is 2.97. The molecule has 0 aromatic heterocycles. The Kier molecular flexibility index (Phi) is 7.40. The monoisotopic (exact) mass is 482 g/mol. The summed E-state index contributed by atoms with van der Waals surface area (Å²) in [6, 6.07) is 18.1. The Morgan fingerprint density at radius 3 is 2.58 bits per heavy atom. The highest BCUT2D eigenvalue weighted by atomic mass is 79.9. The molecule has 0 aliphatic heterocycles. The number of carbonyl (C=O) groups excluding carboxylic acids is 2. The first-order valence-corrected chi connectivity index (χ1v) is 10.1. The number of benzene rings is 3. The maximum Gasteiger partial charge on any atom is 0.343 e. The standard InChI is InChI=1S/C23H19BrN2O5/c1-2-30-21-12-15(8-11-20(21)31-23(29)16-6-4-3-5-7-16)14-25-26-22(28)18-13-17(24)9-10-19(18)27/h3-14,27H,2H2,1H3,(H,26,28)/b25-14-. The van der Waals surface area contributed by atoms with Crippen molar-refractivity contribution in [2.45, 2.75) is 6.92 Å². The quantitative estimate of drug-likeness (QED) is 0.223. The van der Waals surface area contributed by atoms with E-state index in [-0.39, 0.29) is 17.1 Å². The van der Waals surface area contributed by atoms with Crippen LogP contribution in [-0.4, -0.2) is 29.8 Å². The van der Waals surface area contributed by atoms with Gasteiger partial charge in [-0.15, -0.1) is 0 Å². The van der Waals surface area contributed by atoms with Crippen LogP contribution < -0.4 is 14.9 Å². The number of nitrogens with one attached hydrogen (secondary N) is 1. The molecule has 158 valence electrons. The summed E-state index contributed by atoms with van der Waals surface area (Å²) in [4.78, 5) is 24.5. The van der Waals surface area contributed by atoms with Crippen LogP contribution in [0.2, 0.25) is 0 Å². The zero-order valence-corrected chi connectivity index (χ0v) is 18.1. The molecule has 0 aliphatic carbocycles. The first kappa shape index (κ1) is 22.0. The van der Waals surface area contributed by atoms with Gasteiger partial charge in [0.25, 0.3) is 5.91 Å². The minimum Gasteiger partial charge on any atom is -0.507 e. The zero-order chi connectivity index (χ0) is 22.2. The second-order valence-corrected chi connectivity index (χ2v) is 7.17. The molecule has 3 aromatic carbocycles. The van der Waals surface area contributed by atoms with E-state index in [4.69, 9.17) is 9.47 Å². The maximum atomic E-state index is 12.3. The Morgan fingerprint density at radius 1 is 1.06 bits per heavy atom. The average Bonchev–Trinajstić information content (AvgIpc) is 2.77. The molecule has 0 heterocycles. The minimum atomic E-state index is -0.562. The summed E-state index contributed by atoms with van der Waals surface area (Å²) in [5.41, 5.74) is 3.48. The van der Waals surface area contributed by atoms with E-state index in [2.05, 4.69) is 26.5 Å². The van der Waals surface area contributed by atoms with Gasteiger partial charge in [-0.1, -0.05) is 34.1 Å². The highest BCUT2D eigenvalue weighted by molar-refractivity contribution is 9.10. The van der Waals surface area contributed by atoms with E-state index in [1.54, 1.807) is 48.5 Å². The van der Waals surface area contributed by atoms with Crippen LogP contribution >= 0.6 is 15.9 Å². The Hall–Kier alpha value is -3.65. The van der Waals surface area contributed by atoms with E-state index in [0.717, 1.165) is 0 Å². The number of nitrogens with zero attached hydrogens (tertiary/aromatic N) is 1. The molecule has 7 nitrogen and oxygen atoms in total. The number of amides is 1. The fraction of sp³-hybridized carbons (Fsp3) is 0.0870. The molecule has 0 spiro atoms. The zero-order valence-electron chi connectivity index (χ0n) is 16.5. The summed E-state index contributed by atoms with van der Waals surface area (Å²) in [7, 11) is 0. The predicted molar refractivity (Wildman–Crippen MR) is 120 cm³/mol. The van der Waals surface area contributed by atoms with Gasteiger partial charge in [0.2, 0.25) is 0 Å². The molecule has 0 bridgehead atoms. The highest BCUT2D eigenvalue weighted by Gasteiger charge is 2.13. The number of phenols is 1. The molecule has 3 rings (SSSR count). The van der Waals surface area contributed by atoms with Crippen LogP contribution in [0.4, 0.5) is 0 Å². The molecule has 3 aromatic rings. The summed E-state index contributed by atoms with van der Waals surface area (Å²) in [6.45, 7) is 2.18. The Morgan fingerprint density at radius 2 is 1.84 bits per heavy atom. The molecule has 0 saturated heterocycles. The number of hydrogen-bond acceptors (Lipinski definition) is 6. The fourth-order valence-electron chi connectivity index (χ4n) is 2.61. The smallest absolute Gasteiger partial charge is 0.343 e. The normalized spacial score (nSPS) is 10.6. The molecule has 0 radical (unpaired) electrons. The van der Waals surface area contributed by atoms with Gasteiger partial charge in [0.15, 0.2) is 11.5 Å². The third-order valence-corrected chi connectivity index (χ3v) is 4.56. The molecule has 0 unspecified atom stereocenters. The highest BCUT2D eigenvalue weighted by Crippen LogP contribution is 2.29. The minimum absolute atomic E-state index is 0.0877. The third kappa shape index (κ3) is 5.93. The van der Waals surface area contributed by atoms with Crippen LogP contribution in [0.15, 0.2) is 76.3 Å². The van der Waals surface area contributed by atoms with Crippen molar-refractivity contribution in [3.8, 4) is 17.2 Å². The number of hydrogen-bond donors (Lipinski definition) is 2. The van der Waals surface area contributed by atoms with Gasteiger partial charge in [0.1, 0.15) is 5.75 Å². The van der Waals surface area contributed by atoms with Gasteiger partial charge in [-0.3, -0.25) is 4.79 Å². The summed E-state index contributed by atoms with van der Waals surface area (Å²) in [6.07, 6.45) is 1.41. The van der Waals surface area contributed by atoms with E-state index >= 15 is 0 Å². The van der Waals surface area contributed by atoms with Crippen molar-refractivity contribution < 1.29 is 24.2 Å². The van der Waals surface area contributed by atoms with Gasteiger partial charge in [-0.2, -0.15) is 5.10 Å². The van der Waals surface area contributed by atoms with Crippen LogP contribution in [0.1, 0.15) is 33.2 Å². The first-order chi connectivity index (χ1) is 15.0. The number of phenolic OH excluding ortho intramolecular Hbond substituents is 1. The molecule has 0 saturated carbocycles. The second kappa shape index (κ2) is 10.4. The van der Waals surface area contributed by atoms with Crippen molar-refractivity contribution in [1.82, 2.24) is 5.43 Å². The molecule has 0 atom stereocenters. The van der Waals surface area contributed by atoms with Crippen molar-refractivity contribution >= 4 is 34.0 Å². The van der Waals surface area contributed by atoms with Crippen molar-refractivity contribution in [3.05, 3.63) is 87.9 Å². The molecule has 2 N–H and O–H groups in total. The van der Waals surface area contributed by atoms with Gasteiger partial charge in [-0.25, -0.2) is 10.2 Å². The lowest BCUT2D eigenvalue weighted by Crippen LogP contribution is -2.17. The predicted octanol–water partition coefficient (Wildman–Crippen LogP) is 4.54. The number of rotatable bonds is 7. The second-order valence-electron chi connectivity index (χ2n) is 6.26. The molecule has 0 fully saturated rings. The summed E-state index contributed by atoms with van der Waals surface area (Å²) >= 11 is 3.25. The summed E-state index contributed by atoms with van der Waals surface area (Å²) in [5.74, 6) is -0.570. The van der Waals surface area contributed by atoms with Crippen LogP contribution in [0.5, 0.6) is 17.2 Å². The lowest BCUT2D eigenvalue weighted by molar-refractivity contribution is 0.0728. The molecular formula is C23H19BrN2O5. The van der Waals surface area contributed by atoms with E-state index in [9.17, 15) is 14.7 Å². The van der Waals surface area contributed by atoms with E-state index in [1.165, 1.54) is 18.3 Å². The van der Waals surface area contributed by atoms with E-state index < -0.39 is 11.9 Å². The molecule has 0 aliphatic rings. The third-order valence-electron chi connectivity index (χ3n) is 4.06. The Bertz CT molecular complexity index is 1120. The van der Waals surface area contributed by atoms with Crippen molar-refractivity contribution in [2.75, 3.05) is 6.61 Å². The topological polar surface area (TPSA) is 97.2 Å². The lowest BCUT2D eigenvalue weighted by atomic mass is 10.2. The van der Waals surface area contributed by atoms with Crippen molar-refractivity contribution in [1.29, 1.82) is 0 Å².